The summed E-state index contributed by atoms with van der Waals surface area (Å²) in [7, 11) is 0. The van der Waals surface area contributed by atoms with Gasteiger partial charge in [0.2, 0.25) is 0 Å². The summed E-state index contributed by atoms with van der Waals surface area (Å²) < 4.78 is 6.14. The van der Waals surface area contributed by atoms with Crippen LogP contribution < -0.4 is 20.3 Å². The number of hydrogen-bond acceptors (Lipinski definition) is 5. The lowest BCUT2D eigenvalue weighted by Crippen LogP contribution is -2.54. The predicted octanol–water partition coefficient (Wildman–Crippen LogP) is 5.40. The SMILES string of the molecule is Cc1ccc(C)c(NC(=O)COc2ccc(/C=C3\C(=O)NC(=O)N(c4cccc(Cl)c4)C3=O)cc2Br)c1. The zero-order chi connectivity index (χ0) is 26.7. The first-order chi connectivity index (χ1) is 17.6. The first kappa shape index (κ1) is 26.1. The number of imide groups is 2. The van der Waals surface area contributed by atoms with E-state index in [2.05, 4.69) is 26.6 Å². The number of anilines is 2. The molecule has 0 aromatic heterocycles. The summed E-state index contributed by atoms with van der Waals surface area (Å²) in [5, 5.41) is 5.33. The van der Waals surface area contributed by atoms with Crippen molar-refractivity contribution in [2.75, 3.05) is 16.8 Å². The summed E-state index contributed by atoms with van der Waals surface area (Å²) in [6, 6.07) is 16.0. The smallest absolute Gasteiger partial charge is 0.335 e. The number of urea groups is 1. The Morgan fingerprint density at radius 3 is 2.59 bits per heavy atom. The van der Waals surface area contributed by atoms with Crippen LogP contribution in [0.3, 0.4) is 0 Å². The monoisotopic (exact) mass is 581 g/mol. The third-order valence-corrected chi connectivity index (χ3v) is 6.32. The fourth-order valence-corrected chi connectivity index (χ4v) is 4.29. The molecule has 0 unspecified atom stereocenters. The summed E-state index contributed by atoms with van der Waals surface area (Å²) in [6.45, 7) is 3.63. The third-order valence-electron chi connectivity index (χ3n) is 5.46. The van der Waals surface area contributed by atoms with Gasteiger partial charge < -0.3 is 10.1 Å². The molecule has 1 aliphatic heterocycles. The van der Waals surface area contributed by atoms with E-state index in [1.807, 2.05) is 32.0 Å². The molecule has 0 bridgehead atoms. The minimum absolute atomic E-state index is 0.218. The Balaban J connectivity index is 1.48. The Bertz CT molecular complexity index is 1470. The molecule has 0 radical (unpaired) electrons. The van der Waals surface area contributed by atoms with Gasteiger partial charge in [0, 0.05) is 10.7 Å². The lowest BCUT2D eigenvalue weighted by molar-refractivity contribution is -0.122. The fraction of sp³-hybridized carbons (Fsp3) is 0.111. The summed E-state index contributed by atoms with van der Waals surface area (Å²) >= 11 is 9.39. The van der Waals surface area contributed by atoms with Crippen LogP contribution in [0, 0.1) is 13.8 Å². The van der Waals surface area contributed by atoms with E-state index in [1.165, 1.54) is 18.2 Å². The largest absolute Gasteiger partial charge is 0.483 e. The number of amides is 5. The van der Waals surface area contributed by atoms with E-state index in [4.69, 9.17) is 16.3 Å². The van der Waals surface area contributed by atoms with Crippen LogP contribution in [0.4, 0.5) is 16.2 Å². The van der Waals surface area contributed by atoms with Crippen molar-refractivity contribution in [3.05, 3.63) is 92.4 Å². The highest BCUT2D eigenvalue weighted by molar-refractivity contribution is 9.10. The number of rotatable bonds is 6. The van der Waals surface area contributed by atoms with Gasteiger partial charge in [0.25, 0.3) is 17.7 Å². The van der Waals surface area contributed by atoms with Crippen molar-refractivity contribution in [3.63, 3.8) is 0 Å². The molecule has 0 spiro atoms. The van der Waals surface area contributed by atoms with Crippen molar-refractivity contribution < 1.29 is 23.9 Å². The first-order valence-electron chi connectivity index (χ1n) is 11.1. The second-order valence-electron chi connectivity index (χ2n) is 8.28. The lowest BCUT2D eigenvalue weighted by atomic mass is 10.1. The summed E-state index contributed by atoms with van der Waals surface area (Å²) in [6.07, 6.45) is 1.36. The van der Waals surface area contributed by atoms with Gasteiger partial charge in [-0.2, -0.15) is 0 Å². The molecule has 10 heteroatoms. The number of aryl methyl sites for hydroxylation is 2. The van der Waals surface area contributed by atoms with Gasteiger partial charge in [-0.3, -0.25) is 19.7 Å². The Labute approximate surface area is 226 Å². The Morgan fingerprint density at radius 2 is 1.86 bits per heavy atom. The van der Waals surface area contributed by atoms with Crippen molar-refractivity contribution >= 4 is 68.7 Å². The topological polar surface area (TPSA) is 105 Å². The van der Waals surface area contributed by atoms with Crippen LogP contribution in [0.15, 0.2) is 70.7 Å². The van der Waals surface area contributed by atoms with Gasteiger partial charge in [0.15, 0.2) is 6.61 Å². The first-order valence-corrected chi connectivity index (χ1v) is 12.3. The summed E-state index contributed by atoms with van der Waals surface area (Å²) in [5.74, 6) is -1.51. The Hall–Kier alpha value is -3.95. The molecule has 8 nitrogen and oxygen atoms in total. The Morgan fingerprint density at radius 1 is 1.08 bits per heavy atom. The number of carbonyl (C=O) groups excluding carboxylic acids is 4. The van der Waals surface area contributed by atoms with Gasteiger partial charge in [-0.25, -0.2) is 9.69 Å². The minimum Gasteiger partial charge on any atom is -0.483 e. The van der Waals surface area contributed by atoms with Gasteiger partial charge in [-0.05, 0) is 88.9 Å². The average molecular weight is 583 g/mol. The normalized spacial score (nSPS) is 14.5. The summed E-state index contributed by atoms with van der Waals surface area (Å²) in [4.78, 5) is 51.0. The maximum absolute atomic E-state index is 13.0. The molecule has 5 amide bonds. The van der Waals surface area contributed by atoms with E-state index in [0.29, 0.717) is 20.8 Å². The van der Waals surface area contributed by atoms with Gasteiger partial charge in [-0.15, -0.1) is 0 Å². The molecule has 1 fully saturated rings. The van der Waals surface area contributed by atoms with Crippen molar-refractivity contribution in [2.24, 2.45) is 0 Å². The molecule has 2 N–H and O–H groups in total. The highest BCUT2D eigenvalue weighted by Crippen LogP contribution is 2.29. The second-order valence-corrected chi connectivity index (χ2v) is 9.57. The van der Waals surface area contributed by atoms with Crippen molar-refractivity contribution in [1.29, 1.82) is 0 Å². The fourth-order valence-electron chi connectivity index (χ4n) is 3.60. The van der Waals surface area contributed by atoms with Crippen LogP contribution in [-0.4, -0.2) is 30.4 Å². The minimum atomic E-state index is -0.863. The molecule has 1 aliphatic rings. The van der Waals surface area contributed by atoms with Gasteiger partial charge in [0.1, 0.15) is 11.3 Å². The number of hydrogen-bond donors (Lipinski definition) is 2. The average Bonchev–Trinajstić information content (AvgIpc) is 2.83. The molecule has 1 heterocycles. The molecule has 0 saturated carbocycles. The molecule has 1 saturated heterocycles. The molecule has 37 heavy (non-hydrogen) atoms. The second kappa shape index (κ2) is 11.0. The van der Waals surface area contributed by atoms with Crippen molar-refractivity contribution in [1.82, 2.24) is 5.32 Å². The number of benzene rings is 3. The quantitative estimate of drug-likeness (QED) is 0.299. The molecule has 4 rings (SSSR count). The van der Waals surface area contributed by atoms with E-state index in [0.717, 1.165) is 21.7 Å². The number of ether oxygens (including phenoxy) is 1. The van der Waals surface area contributed by atoms with E-state index in [1.54, 1.807) is 30.3 Å². The van der Waals surface area contributed by atoms with Gasteiger partial charge in [-0.1, -0.05) is 35.9 Å². The molecule has 3 aromatic carbocycles. The van der Waals surface area contributed by atoms with E-state index < -0.39 is 17.8 Å². The highest BCUT2D eigenvalue weighted by Gasteiger charge is 2.36. The molecule has 188 valence electrons. The number of carbonyl (C=O) groups is 4. The van der Waals surface area contributed by atoms with Crippen LogP contribution in [0.2, 0.25) is 5.02 Å². The highest BCUT2D eigenvalue weighted by atomic mass is 79.9. The predicted molar refractivity (Wildman–Crippen MR) is 145 cm³/mol. The number of nitrogens with zero attached hydrogens (tertiary/aromatic N) is 1. The molecule has 0 atom stereocenters. The molecular formula is C27H21BrClN3O5. The summed E-state index contributed by atoms with van der Waals surface area (Å²) in [5.41, 5.74) is 3.19. The van der Waals surface area contributed by atoms with Crippen LogP contribution in [-0.2, 0) is 14.4 Å². The van der Waals surface area contributed by atoms with Crippen LogP contribution in [0.5, 0.6) is 5.75 Å². The van der Waals surface area contributed by atoms with Crippen LogP contribution >= 0.6 is 27.5 Å². The van der Waals surface area contributed by atoms with Crippen molar-refractivity contribution in [2.45, 2.75) is 13.8 Å². The molecular weight excluding hydrogens is 562 g/mol. The zero-order valence-electron chi connectivity index (χ0n) is 19.8. The van der Waals surface area contributed by atoms with Crippen LogP contribution in [0.1, 0.15) is 16.7 Å². The third kappa shape index (κ3) is 6.07. The molecule has 0 aliphatic carbocycles. The van der Waals surface area contributed by atoms with E-state index >= 15 is 0 Å². The maximum atomic E-state index is 13.0. The number of nitrogens with one attached hydrogen (secondary N) is 2. The number of barbiturate groups is 1. The van der Waals surface area contributed by atoms with Gasteiger partial charge in [0.05, 0.1) is 10.2 Å². The van der Waals surface area contributed by atoms with E-state index in [-0.39, 0.29) is 23.8 Å². The van der Waals surface area contributed by atoms with E-state index in [9.17, 15) is 19.2 Å². The Kier molecular flexibility index (Phi) is 7.75. The number of halogens is 2. The molecule has 3 aromatic rings. The van der Waals surface area contributed by atoms with Gasteiger partial charge >= 0.3 is 6.03 Å². The maximum Gasteiger partial charge on any atom is 0.335 e. The van der Waals surface area contributed by atoms with Crippen LogP contribution in [0.25, 0.3) is 6.08 Å². The zero-order valence-corrected chi connectivity index (χ0v) is 22.1. The lowest BCUT2D eigenvalue weighted by Gasteiger charge is -2.26. The standard InChI is InChI=1S/C27H21BrClN3O5/c1-15-6-7-16(2)22(10-15)30-24(33)14-37-23-9-8-17(12-21(23)28)11-20-25(34)31-27(36)32(26(20)35)19-5-3-4-18(29)13-19/h3-13H,14H2,1-2H3,(H,30,33)(H,31,34,36)/b20-11+. The van der Waals surface area contributed by atoms with Crippen molar-refractivity contribution in [3.8, 4) is 5.75 Å².